The molecule has 0 saturated carbocycles. The van der Waals surface area contributed by atoms with Gasteiger partial charge in [-0.25, -0.2) is 13.8 Å². The standard InChI is InChI=1S/C10H13ClF2N2/c1-6(2)9(4-11)15-10-8(13)3-7(12)5-14-10/h3,5-6,9H,4H2,1-2H3,(H,14,15). The van der Waals surface area contributed by atoms with Gasteiger partial charge in [0.2, 0.25) is 0 Å². The molecule has 1 rings (SSSR count). The van der Waals surface area contributed by atoms with Gasteiger partial charge in [0.05, 0.1) is 6.20 Å². The molecule has 15 heavy (non-hydrogen) atoms. The van der Waals surface area contributed by atoms with Crippen LogP contribution in [0.15, 0.2) is 12.3 Å². The molecule has 1 aromatic heterocycles. The van der Waals surface area contributed by atoms with Gasteiger partial charge in [0.1, 0.15) is 5.82 Å². The molecule has 1 N–H and O–H groups in total. The van der Waals surface area contributed by atoms with Crippen LogP contribution in [0, 0.1) is 17.6 Å². The van der Waals surface area contributed by atoms with E-state index in [9.17, 15) is 8.78 Å². The van der Waals surface area contributed by atoms with Crippen molar-refractivity contribution in [1.82, 2.24) is 4.98 Å². The minimum absolute atomic E-state index is 0.0377. The molecule has 1 atom stereocenters. The van der Waals surface area contributed by atoms with E-state index in [1.54, 1.807) is 0 Å². The minimum atomic E-state index is -0.703. The van der Waals surface area contributed by atoms with Crippen molar-refractivity contribution in [3.8, 4) is 0 Å². The number of rotatable bonds is 4. The summed E-state index contributed by atoms with van der Waals surface area (Å²) in [6, 6.07) is 0.708. The summed E-state index contributed by atoms with van der Waals surface area (Å²) >= 11 is 5.71. The van der Waals surface area contributed by atoms with Crippen LogP contribution >= 0.6 is 11.6 Å². The zero-order valence-corrected chi connectivity index (χ0v) is 9.35. The highest BCUT2D eigenvalue weighted by molar-refractivity contribution is 6.18. The van der Waals surface area contributed by atoms with E-state index >= 15 is 0 Å². The van der Waals surface area contributed by atoms with Crippen LogP contribution in [0.3, 0.4) is 0 Å². The van der Waals surface area contributed by atoms with Gasteiger partial charge in [-0.15, -0.1) is 11.6 Å². The minimum Gasteiger partial charge on any atom is -0.363 e. The third-order valence-corrected chi connectivity index (χ3v) is 2.43. The second-order valence-electron chi connectivity index (χ2n) is 3.63. The summed E-state index contributed by atoms with van der Waals surface area (Å²) in [7, 11) is 0. The van der Waals surface area contributed by atoms with Gasteiger partial charge in [-0.2, -0.15) is 0 Å². The summed E-state index contributed by atoms with van der Waals surface area (Å²) in [5.74, 6) is -0.767. The van der Waals surface area contributed by atoms with Crippen LogP contribution in [0.1, 0.15) is 13.8 Å². The second kappa shape index (κ2) is 5.26. The van der Waals surface area contributed by atoms with Crippen LogP contribution in [0.5, 0.6) is 0 Å². The highest BCUT2D eigenvalue weighted by Crippen LogP contribution is 2.15. The van der Waals surface area contributed by atoms with Crippen molar-refractivity contribution in [3.05, 3.63) is 23.9 Å². The first kappa shape index (κ1) is 12.2. The Kier molecular flexibility index (Phi) is 4.27. The number of nitrogens with one attached hydrogen (secondary N) is 1. The molecule has 0 saturated heterocycles. The van der Waals surface area contributed by atoms with E-state index in [-0.39, 0.29) is 17.8 Å². The molecule has 0 fully saturated rings. The van der Waals surface area contributed by atoms with Crippen molar-refractivity contribution in [3.63, 3.8) is 0 Å². The number of nitrogens with zero attached hydrogens (tertiary/aromatic N) is 1. The average molecular weight is 235 g/mol. The monoisotopic (exact) mass is 234 g/mol. The lowest BCUT2D eigenvalue weighted by Gasteiger charge is -2.20. The topological polar surface area (TPSA) is 24.9 Å². The Bertz CT molecular complexity index is 331. The maximum Gasteiger partial charge on any atom is 0.168 e. The van der Waals surface area contributed by atoms with Crippen LogP contribution in [-0.4, -0.2) is 16.9 Å². The first-order chi connectivity index (χ1) is 7.04. The number of aromatic nitrogens is 1. The Labute approximate surface area is 92.7 Å². The third kappa shape index (κ3) is 3.30. The molecule has 2 nitrogen and oxygen atoms in total. The summed E-state index contributed by atoms with van der Waals surface area (Å²) in [5.41, 5.74) is 0. The number of pyridine rings is 1. The normalized spacial score (nSPS) is 12.9. The van der Waals surface area contributed by atoms with Gasteiger partial charge in [-0.05, 0) is 5.92 Å². The van der Waals surface area contributed by atoms with E-state index in [0.717, 1.165) is 12.3 Å². The van der Waals surface area contributed by atoms with Gasteiger partial charge in [0.15, 0.2) is 11.6 Å². The second-order valence-corrected chi connectivity index (χ2v) is 3.94. The molecule has 0 bridgehead atoms. The molecule has 1 aromatic rings. The van der Waals surface area contributed by atoms with Gasteiger partial charge in [-0.1, -0.05) is 13.8 Å². The number of hydrogen-bond acceptors (Lipinski definition) is 2. The zero-order chi connectivity index (χ0) is 11.4. The maximum atomic E-state index is 13.2. The van der Waals surface area contributed by atoms with Crippen LogP contribution in [0.4, 0.5) is 14.6 Å². The van der Waals surface area contributed by atoms with E-state index in [1.165, 1.54) is 0 Å². The largest absolute Gasteiger partial charge is 0.363 e. The third-order valence-electron chi connectivity index (χ3n) is 2.10. The Balaban J connectivity index is 2.79. The first-order valence-electron chi connectivity index (χ1n) is 4.68. The summed E-state index contributed by atoms with van der Waals surface area (Å²) < 4.78 is 25.8. The fraction of sp³-hybridized carbons (Fsp3) is 0.500. The predicted molar refractivity (Wildman–Crippen MR) is 57.1 cm³/mol. The highest BCUT2D eigenvalue weighted by atomic mass is 35.5. The van der Waals surface area contributed by atoms with Crippen LogP contribution < -0.4 is 5.32 Å². The smallest absolute Gasteiger partial charge is 0.168 e. The lowest BCUT2D eigenvalue weighted by atomic mass is 10.1. The molecule has 0 spiro atoms. The van der Waals surface area contributed by atoms with Crippen LogP contribution in [0.25, 0.3) is 0 Å². The Morgan fingerprint density at radius 2 is 2.13 bits per heavy atom. The van der Waals surface area contributed by atoms with E-state index in [0.29, 0.717) is 5.88 Å². The molecule has 5 heteroatoms. The van der Waals surface area contributed by atoms with Gasteiger partial charge in [0.25, 0.3) is 0 Å². The molecule has 0 radical (unpaired) electrons. The van der Waals surface area contributed by atoms with Gasteiger partial charge in [-0.3, -0.25) is 0 Å². The van der Waals surface area contributed by atoms with E-state index in [2.05, 4.69) is 10.3 Å². The van der Waals surface area contributed by atoms with Crippen molar-refractivity contribution in [2.75, 3.05) is 11.2 Å². The molecule has 1 heterocycles. The zero-order valence-electron chi connectivity index (χ0n) is 8.60. The number of halogens is 3. The lowest BCUT2D eigenvalue weighted by Crippen LogP contribution is -2.28. The number of alkyl halides is 1. The van der Waals surface area contributed by atoms with Crippen molar-refractivity contribution in [2.45, 2.75) is 19.9 Å². The highest BCUT2D eigenvalue weighted by Gasteiger charge is 2.14. The van der Waals surface area contributed by atoms with Crippen molar-refractivity contribution in [1.29, 1.82) is 0 Å². The molecule has 84 valence electrons. The predicted octanol–water partition coefficient (Wildman–Crippen LogP) is 3.04. The molecule has 0 amide bonds. The van der Waals surface area contributed by atoms with E-state index in [1.807, 2.05) is 13.8 Å². The number of anilines is 1. The molecular weight excluding hydrogens is 222 g/mol. The van der Waals surface area contributed by atoms with Crippen molar-refractivity contribution in [2.24, 2.45) is 5.92 Å². The summed E-state index contributed by atoms with van der Waals surface area (Å²) in [4.78, 5) is 3.63. The molecule has 0 aliphatic carbocycles. The summed E-state index contributed by atoms with van der Waals surface area (Å²) in [6.45, 7) is 3.92. The van der Waals surface area contributed by atoms with Crippen LogP contribution in [-0.2, 0) is 0 Å². The molecule has 0 aliphatic rings. The Hall–Kier alpha value is -0.900. The van der Waals surface area contributed by atoms with Gasteiger partial charge >= 0.3 is 0 Å². The molecule has 1 unspecified atom stereocenters. The molecule has 0 aromatic carbocycles. The Morgan fingerprint density at radius 1 is 1.47 bits per heavy atom. The van der Waals surface area contributed by atoms with E-state index in [4.69, 9.17) is 11.6 Å². The van der Waals surface area contributed by atoms with Crippen LogP contribution in [0.2, 0.25) is 0 Å². The maximum absolute atomic E-state index is 13.2. The average Bonchev–Trinajstić information content (AvgIpc) is 2.16. The van der Waals surface area contributed by atoms with Crippen molar-refractivity contribution >= 4 is 17.4 Å². The summed E-state index contributed by atoms with van der Waals surface area (Å²) in [6.07, 6.45) is 0.969. The Morgan fingerprint density at radius 3 is 2.60 bits per heavy atom. The summed E-state index contributed by atoms with van der Waals surface area (Å²) in [5, 5.41) is 2.84. The fourth-order valence-electron chi connectivity index (χ4n) is 1.08. The molecular formula is C10H13ClF2N2. The lowest BCUT2D eigenvalue weighted by molar-refractivity contribution is 0.544. The SMILES string of the molecule is CC(C)C(CCl)Nc1ncc(F)cc1F. The van der Waals surface area contributed by atoms with Gasteiger partial charge in [0, 0.05) is 18.0 Å². The first-order valence-corrected chi connectivity index (χ1v) is 5.21. The quantitative estimate of drug-likeness (QED) is 0.810. The van der Waals surface area contributed by atoms with E-state index < -0.39 is 11.6 Å². The van der Waals surface area contributed by atoms with Crippen molar-refractivity contribution < 1.29 is 8.78 Å². The molecule has 0 aliphatic heterocycles. The number of hydrogen-bond donors (Lipinski definition) is 1. The fourth-order valence-corrected chi connectivity index (χ4v) is 1.51. The van der Waals surface area contributed by atoms with Gasteiger partial charge < -0.3 is 5.32 Å².